The van der Waals surface area contributed by atoms with E-state index in [-0.39, 0.29) is 24.7 Å². The summed E-state index contributed by atoms with van der Waals surface area (Å²) >= 11 is 0. The molecule has 0 aromatic carbocycles. The zero-order valence-corrected chi connectivity index (χ0v) is 12.5. The molecule has 0 aliphatic carbocycles. The van der Waals surface area contributed by atoms with Crippen LogP contribution < -0.4 is 0 Å². The average Bonchev–Trinajstić information content (AvgIpc) is 2.45. The smallest absolute Gasteiger partial charge is 0.316 e. The molecule has 114 valence electrons. The number of carbonyl (C=O) groups excluding carboxylic acids is 3. The van der Waals surface area contributed by atoms with Gasteiger partial charge in [-0.2, -0.15) is 0 Å². The van der Waals surface area contributed by atoms with Gasteiger partial charge in [0.25, 0.3) is 0 Å². The summed E-state index contributed by atoms with van der Waals surface area (Å²) in [6.45, 7) is 3.45. The molecule has 0 radical (unpaired) electrons. The van der Waals surface area contributed by atoms with E-state index < -0.39 is 11.9 Å². The first kappa shape index (κ1) is 16.8. The standard InChI is InChI=1S/C15H20N2O4/c1-4-21-15(20)13(11(2)18)9-14(19)17(3)10-12-7-5-6-8-16-12/h5-8,13H,4,9-10H2,1-3H3. The Kier molecular flexibility index (Phi) is 6.52. The van der Waals surface area contributed by atoms with Crippen LogP contribution in [0, 0.1) is 5.92 Å². The molecular formula is C15H20N2O4. The topological polar surface area (TPSA) is 76.6 Å². The van der Waals surface area contributed by atoms with Crippen LogP contribution in [0.5, 0.6) is 0 Å². The van der Waals surface area contributed by atoms with Gasteiger partial charge in [-0.3, -0.25) is 19.4 Å². The van der Waals surface area contributed by atoms with Gasteiger partial charge in [0.1, 0.15) is 11.7 Å². The quantitative estimate of drug-likeness (QED) is 0.557. The first-order valence-corrected chi connectivity index (χ1v) is 6.76. The van der Waals surface area contributed by atoms with E-state index in [1.807, 2.05) is 6.07 Å². The summed E-state index contributed by atoms with van der Waals surface area (Å²) in [6, 6.07) is 5.42. The van der Waals surface area contributed by atoms with E-state index in [1.54, 1.807) is 32.3 Å². The number of aromatic nitrogens is 1. The Labute approximate surface area is 124 Å². The largest absolute Gasteiger partial charge is 0.465 e. The number of ether oxygens (including phenoxy) is 1. The number of Topliss-reactive ketones (excluding diaryl/α,β-unsaturated/α-hetero) is 1. The molecule has 1 heterocycles. The predicted octanol–water partition coefficient (Wildman–Crippen LogP) is 1.20. The highest BCUT2D eigenvalue weighted by Gasteiger charge is 2.28. The van der Waals surface area contributed by atoms with Gasteiger partial charge in [0.05, 0.1) is 18.8 Å². The predicted molar refractivity (Wildman–Crippen MR) is 76.1 cm³/mol. The zero-order valence-electron chi connectivity index (χ0n) is 12.5. The van der Waals surface area contributed by atoms with Crippen LogP contribution >= 0.6 is 0 Å². The van der Waals surface area contributed by atoms with E-state index in [0.717, 1.165) is 5.69 Å². The van der Waals surface area contributed by atoms with Crippen molar-refractivity contribution in [1.29, 1.82) is 0 Å². The minimum absolute atomic E-state index is 0.181. The molecule has 0 fully saturated rings. The fraction of sp³-hybridized carbons (Fsp3) is 0.467. The molecular weight excluding hydrogens is 272 g/mol. The van der Waals surface area contributed by atoms with E-state index in [4.69, 9.17) is 4.74 Å². The van der Waals surface area contributed by atoms with Crippen LogP contribution in [0.2, 0.25) is 0 Å². The van der Waals surface area contributed by atoms with Crippen LogP contribution in [0.1, 0.15) is 26.0 Å². The Bertz CT molecular complexity index is 502. The molecule has 0 N–H and O–H groups in total. The number of carbonyl (C=O) groups is 3. The van der Waals surface area contributed by atoms with Crippen LogP contribution in [0.4, 0.5) is 0 Å². The summed E-state index contributed by atoms with van der Waals surface area (Å²) in [5.41, 5.74) is 0.740. The van der Waals surface area contributed by atoms with Gasteiger partial charge in [-0.15, -0.1) is 0 Å². The lowest BCUT2D eigenvalue weighted by Crippen LogP contribution is -2.33. The van der Waals surface area contributed by atoms with Gasteiger partial charge < -0.3 is 9.64 Å². The van der Waals surface area contributed by atoms with Crippen molar-refractivity contribution in [2.45, 2.75) is 26.8 Å². The fourth-order valence-electron chi connectivity index (χ4n) is 1.79. The third-order valence-corrected chi connectivity index (χ3v) is 2.99. The third kappa shape index (κ3) is 5.33. The SMILES string of the molecule is CCOC(=O)C(CC(=O)N(C)Cc1ccccn1)C(C)=O. The fourth-order valence-corrected chi connectivity index (χ4v) is 1.79. The number of rotatable bonds is 7. The summed E-state index contributed by atoms with van der Waals surface area (Å²) in [7, 11) is 1.61. The first-order chi connectivity index (χ1) is 9.95. The monoisotopic (exact) mass is 292 g/mol. The molecule has 1 atom stereocenters. The summed E-state index contributed by atoms with van der Waals surface area (Å²) in [5, 5.41) is 0. The van der Waals surface area contributed by atoms with Crippen molar-refractivity contribution in [3.05, 3.63) is 30.1 Å². The second-order valence-electron chi connectivity index (χ2n) is 4.69. The Hall–Kier alpha value is -2.24. The summed E-state index contributed by atoms with van der Waals surface area (Å²) < 4.78 is 4.82. The summed E-state index contributed by atoms with van der Waals surface area (Å²) in [5.74, 6) is -2.35. The lowest BCUT2D eigenvalue weighted by molar-refractivity contribution is -0.154. The van der Waals surface area contributed by atoms with Crippen LogP contribution in [-0.4, -0.2) is 41.2 Å². The van der Waals surface area contributed by atoms with Gasteiger partial charge in [0, 0.05) is 19.7 Å². The number of nitrogens with zero attached hydrogens (tertiary/aromatic N) is 2. The Morgan fingerprint density at radius 1 is 1.33 bits per heavy atom. The molecule has 0 bridgehead atoms. The van der Waals surface area contributed by atoms with Crippen molar-refractivity contribution in [3.8, 4) is 0 Å². The van der Waals surface area contributed by atoms with Gasteiger partial charge >= 0.3 is 5.97 Å². The van der Waals surface area contributed by atoms with Crippen molar-refractivity contribution in [1.82, 2.24) is 9.88 Å². The third-order valence-electron chi connectivity index (χ3n) is 2.99. The lowest BCUT2D eigenvalue weighted by atomic mass is 10.0. The van der Waals surface area contributed by atoms with Crippen LogP contribution in [0.25, 0.3) is 0 Å². The number of amides is 1. The molecule has 6 heteroatoms. The highest BCUT2D eigenvalue weighted by atomic mass is 16.5. The number of hydrogen-bond acceptors (Lipinski definition) is 5. The molecule has 21 heavy (non-hydrogen) atoms. The number of ketones is 1. The van der Waals surface area contributed by atoms with Crippen molar-refractivity contribution in [3.63, 3.8) is 0 Å². The van der Waals surface area contributed by atoms with Crippen molar-refractivity contribution in [2.24, 2.45) is 5.92 Å². The van der Waals surface area contributed by atoms with Crippen molar-refractivity contribution >= 4 is 17.7 Å². The molecule has 0 spiro atoms. The maximum absolute atomic E-state index is 12.1. The van der Waals surface area contributed by atoms with E-state index in [1.165, 1.54) is 11.8 Å². The van der Waals surface area contributed by atoms with Crippen molar-refractivity contribution < 1.29 is 19.1 Å². The molecule has 0 aliphatic heterocycles. The number of pyridine rings is 1. The molecule has 1 aromatic heterocycles. The molecule has 6 nitrogen and oxygen atoms in total. The first-order valence-electron chi connectivity index (χ1n) is 6.76. The minimum atomic E-state index is -1.04. The molecule has 0 saturated heterocycles. The van der Waals surface area contributed by atoms with Crippen LogP contribution in [0.3, 0.4) is 0 Å². The molecule has 1 amide bonds. The van der Waals surface area contributed by atoms with E-state index in [9.17, 15) is 14.4 Å². The number of esters is 1. The van der Waals surface area contributed by atoms with Gasteiger partial charge in [0.15, 0.2) is 0 Å². The Balaban J connectivity index is 2.64. The normalized spacial score (nSPS) is 11.6. The Morgan fingerprint density at radius 2 is 2.05 bits per heavy atom. The Morgan fingerprint density at radius 3 is 2.57 bits per heavy atom. The molecule has 1 aromatic rings. The highest BCUT2D eigenvalue weighted by molar-refractivity contribution is 6.01. The maximum Gasteiger partial charge on any atom is 0.316 e. The van der Waals surface area contributed by atoms with Crippen LogP contribution in [-0.2, 0) is 25.7 Å². The molecule has 0 aliphatic rings. The second kappa shape index (κ2) is 8.14. The summed E-state index contributed by atoms with van der Waals surface area (Å²) in [4.78, 5) is 40.8. The average molecular weight is 292 g/mol. The van der Waals surface area contributed by atoms with Gasteiger partial charge in [-0.1, -0.05) is 6.07 Å². The van der Waals surface area contributed by atoms with Crippen molar-refractivity contribution in [2.75, 3.05) is 13.7 Å². The second-order valence-corrected chi connectivity index (χ2v) is 4.69. The van der Waals surface area contributed by atoms with Gasteiger partial charge in [-0.25, -0.2) is 0 Å². The highest BCUT2D eigenvalue weighted by Crippen LogP contribution is 2.11. The maximum atomic E-state index is 12.1. The lowest BCUT2D eigenvalue weighted by Gasteiger charge is -2.19. The van der Waals surface area contributed by atoms with Gasteiger partial charge in [0.2, 0.25) is 5.91 Å². The van der Waals surface area contributed by atoms with E-state index in [2.05, 4.69) is 4.98 Å². The van der Waals surface area contributed by atoms with Crippen LogP contribution in [0.15, 0.2) is 24.4 Å². The number of hydrogen-bond donors (Lipinski definition) is 0. The summed E-state index contributed by atoms with van der Waals surface area (Å²) in [6.07, 6.45) is 1.46. The van der Waals surface area contributed by atoms with Gasteiger partial charge in [-0.05, 0) is 26.0 Å². The molecule has 1 rings (SSSR count). The molecule has 0 saturated carbocycles. The zero-order chi connectivity index (χ0) is 15.8. The minimum Gasteiger partial charge on any atom is -0.465 e. The van der Waals surface area contributed by atoms with E-state index >= 15 is 0 Å². The molecule has 1 unspecified atom stereocenters. The van der Waals surface area contributed by atoms with E-state index in [0.29, 0.717) is 6.54 Å².